The molecule has 2 aliphatic rings. The molecule has 0 radical (unpaired) electrons. The van der Waals surface area contributed by atoms with Crippen molar-refractivity contribution in [2.75, 3.05) is 13.1 Å². The Labute approximate surface area is 107 Å². The molecule has 4 heteroatoms. The largest absolute Gasteiger partial charge is 0.348 e. The Morgan fingerprint density at radius 2 is 1.94 bits per heavy atom. The van der Waals surface area contributed by atoms with Crippen LogP contribution >= 0.6 is 12.4 Å². The second-order valence-electron chi connectivity index (χ2n) is 4.62. The number of hydrogen-bond acceptors (Lipinski definition) is 2. The molecule has 0 unspecified atom stereocenters. The number of nitrogens with one attached hydrogen (secondary N) is 2. The summed E-state index contributed by atoms with van der Waals surface area (Å²) in [7, 11) is 0. The maximum absolute atomic E-state index is 11.6. The van der Waals surface area contributed by atoms with Gasteiger partial charge in [0, 0.05) is 12.1 Å². The van der Waals surface area contributed by atoms with Crippen LogP contribution in [0, 0.1) is 0 Å². The quantitative estimate of drug-likeness (QED) is 0.801. The zero-order valence-electron chi connectivity index (χ0n) is 9.66. The van der Waals surface area contributed by atoms with Gasteiger partial charge in [0.05, 0.1) is 0 Å². The summed E-state index contributed by atoms with van der Waals surface area (Å²) in [4.78, 5) is 11.6. The third kappa shape index (κ3) is 2.31. The summed E-state index contributed by atoms with van der Waals surface area (Å²) in [6.45, 7) is 2.88. The van der Waals surface area contributed by atoms with Crippen molar-refractivity contribution >= 4 is 18.3 Å². The zero-order chi connectivity index (χ0) is 11.0. The van der Waals surface area contributed by atoms with Crippen LogP contribution in [-0.4, -0.2) is 19.0 Å². The first-order valence-corrected chi connectivity index (χ1v) is 5.96. The Balaban J connectivity index is 0.00000108. The van der Waals surface area contributed by atoms with Crippen molar-refractivity contribution in [1.82, 2.24) is 10.6 Å². The maximum Gasteiger partial charge on any atom is 0.251 e. The average molecular weight is 253 g/mol. The molecule has 1 saturated heterocycles. The summed E-state index contributed by atoms with van der Waals surface area (Å²) in [5.74, 6) is 0.714. The van der Waals surface area contributed by atoms with E-state index in [-0.39, 0.29) is 18.3 Å². The van der Waals surface area contributed by atoms with E-state index in [1.54, 1.807) is 0 Å². The molecule has 2 N–H and O–H groups in total. The van der Waals surface area contributed by atoms with Gasteiger partial charge in [-0.1, -0.05) is 12.1 Å². The lowest BCUT2D eigenvalue weighted by Crippen LogP contribution is -2.26. The van der Waals surface area contributed by atoms with Crippen LogP contribution in [-0.2, 0) is 6.54 Å². The van der Waals surface area contributed by atoms with E-state index in [4.69, 9.17) is 0 Å². The molecule has 0 bridgehead atoms. The first-order valence-electron chi connectivity index (χ1n) is 5.96. The predicted molar refractivity (Wildman–Crippen MR) is 69.7 cm³/mol. The summed E-state index contributed by atoms with van der Waals surface area (Å²) < 4.78 is 0. The van der Waals surface area contributed by atoms with E-state index < -0.39 is 0 Å². The summed E-state index contributed by atoms with van der Waals surface area (Å²) in [6.07, 6.45) is 2.36. The van der Waals surface area contributed by atoms with Crippen LogP contribution in [0.4, 0.5) is 0 Å². The minimum Gasteiger partial charge on any atom is -0.348 e. The molecule has 0 aliphatic carbocycles. The van der Waals surface area contributed by atoms with Gasteiger partial charge < -0.3 is 10.6 Å². The molecule has 0 saturated carbocycles. The highest BCUT2D eigenvalue weighted by Gasteiger charge is 2.21. The number of carbonyl (C=O) groups excluding carboxylic acids is 1. The van der Waals surface area contributed by atoms with Gasteiger partial charge in [0.15, 0.2) is 0 Å². The van der Waals surface area contributed by atoms with Gasteiger partial charge in [-0.2, -0.15) is 0 Å². The van der Waals surface area contributed by atoms with Gasteiger partial charge in [-0.3, -0.25) is 4.79 Å². The number of fused-ring (bicyclic) bond motifs is 1. The molecule has 1 aromatic rings. The van der Waals surface area contributed by atoms with Gasteiger partial charge in [-0.05, 0) is 49.0 Å². The molecule has 1 fully saturated rings. The van der Waals surface area contributed by atoms with Gasteiger partial charge in [0.25, 0.3) is 5.91 Å². The van der Waals surface area contributed by atoms with Crippen molar-refractivity contribution in [1.29, 1.82) is 0 Å². The Morgan fingerprint density at radius 1 is 1.18 bits per heavy atom. The maximum atomic E-state index is 11.6. The fourth-order valence-corrected chi connectivity index (χ4v) is 2.64. The minimum absolute atomic E-state index is 0. The highest BCUT2D eigenvalue weighted by atomic mass is 35.5. The van der Waals surface area contributed by atoms with Crippen LogP contribution < -0.4 is 10.6 Å². The molecule has 3 nitrogen and oxygen atoms in total. The normalized spacial score (nSPS) is 19.4. The highest BCUT2D eigenvalue weighted by molar-refractivity contribution is 5.98. The molecular weight excluding hydrogens is 236 g/mol. The third-order valence-electron chi connectivity index (χ3n) is 3.63. The summed E-state index contributed by atoms with van der Waals surface area (Å²) >= 11 is 0. The van der Waals surface area contributed by atoms with Crippen molar-refractivity contribution in [3.8, 4) is 0 Å². The number of halogens is 1. The third-order valence-corrected chi connectivity index (χ3v) is 3.63. The molecule has 2 aliphatic heterocycles. The van der Waals surface area contributed by atoms with E-state index in [0.29, 0.717) is 12.5 Å². The van der Waals surface area contributed by atoms with Crippen LogP contribution in [0.3, 0.4) is 0 Å². The predicted octanol–water partition coefficient (Wildman–Crippen LogP) is 1.82. The van der Waals surface area contributed by atoms with Crippen molar-refractivity contribution in [3.05, 3.63) is 34.9 Å². The first-order chi connectivity index (χ1) is 7.84. The van der Waals surface area contributed by atoms with Crippen LogP contribution in [0.15, 0.2) is 18.2 Å². The number of hydrogen-bond donors (Lipinski definition) is 2. The van der Waals surface area contributed by atoms with Crippen LogP contribution in [0.1, 0.15) is 40.2 Å². The fourth-order valence-electron chi connectivity index (χ4n) is 2.64. The van der Waals surface area contributed by atoms with E-state index in [2.05, 4.69) is 28.8 Å². The SMILES string of the molecule is Cl.O=C1NCc2ccc(C3CCNCC3)cc21. The van der Waals surface area contributed by atoms with E-state index in [9.17, 15) is 4.79 Å². The van der Waals surface area contributed by atoms with Gasteiger partial charge in [-0.15, -0.1) is 12.4 Å². The van der Waals surface area contributed by atoms with E-state index in [1.807, 2.05) is 0 Å². The van der Waals surface area contributed by atoms with E-state index >= 15 is 0 Å². The Hall–Kier alpha value is -1.06. The smallest absolute Gasteiger partial charge is 0.251 e. The Bertz CT molecular complexity index is 427. The topological polar surface area (TPSA) is 41.1 Å². The lowest BCUT2D eigenvalue weighted by atomic mass is 9.88. The van der Waals surface area contributed by atoms with Crippen LogP contribution in [0.2, 0.25) is 0 Å². The highest BCUT2D eigenvalue weighted by Crippen LogP contribution is 2.28. The summed E-state index contributed by atoms with van der Waals surface area (Å²) in [5.41, 5.74) is 3.36. The van der Waals surface area contributed by atoms with Gasteiger partial charge >= 0.3 is 0 Å². The molecule has 1 aromatic carbocycles. The number of rotatable bonds is 1. The molecule has 92 valence electrons. The lowest BCUT2D eigenvalue weighted by Gasteiger charge is -2.23. The van der Waals surface area contributed by atoms with Gasteiger partial charge in [0.1, 0.15) is 0 Å². The van der Waals surface area contributed by atoms with Crippen molar-refractivity contribution in [3.63, 3.8) is 0 Å². The second-order valence-corrected chi connectivity index (χ2v) is 4.62. The first kappa shape index (κ1) is 12.4. The minimum atomic E-state index is 0. The van der Waals surface area contributed by atoms with E-state index in [0.717, 1.165) is 24.2 Å². The average Bonchev–Trinajstić information content (AvgIpc) is 2.72. The zero-order valence-corrected chi connectivity index (χ0v) is 10.5. The van der Waals surface area contributed by atoms with Gasteiger partial charge in [0.2, 0.25) is 0 Å². The standard InChI is InChI=1S/C13H16N2O.ClH/c16-13-12-7-10(1-2-11(12)8-15-13)9-3-5-14-6-4-9;/h1-2,7,9,14H,3-6,8H2,(H,15,16);1H. The van der Waals surface area contributed by atoms with Gasteiger partial charge in [-0.25, -0.2) is 0 Å². The van der Waals surface area contributed by atoms with Crippen LogP contribution in [0.5, 0.6) is 0 Å². The molecule has 1 amide bonds. The number of piperidine rings is 1. The molecule has 3 rings (SSSR count). The lowest BCUT2D eigenvalue weighted by molar-refractivity contribution is 0.0965. The summed E-state index contributed by atoms with van der Waals surface area (Å²) in [6, 6.07) is 6.38. The Morgan fingerprint density at radius 3 is 2.71 bits per heavy atom. The number of carbonyl (C=O) groups is 1. The molecule has 2 heterocycles. The molecule has 0 aromatic heterocycles. The van der Waals surface area contributed by atoms with Crippen molar-refractivity contribution in [2.45, 2.75) is 25.3 Å². The molecule has 0 atom stereocenters. The second kappa shape index (κ2) is 5.07. The van der Waals surface area contributed by atoms with Crippen LogP contribution in [0.25, 0.3) is 0 Å². The molecular formula is C13H17ClN2O. The fraction of sp³-hybridized carbons (Fsp3) is 0.462. The number of amides is 1. The molecule has 17 heavy (non-hydrogen) atoms. The number of benzene rings is 1. The van der Waals surface area contributed by atoms with E-state index in [1.165, 1.54) is 18.4 Å². The van der Waals surface area contributed by atoms with Crippen molar-refractivity contribution < 1.29 is 4.79 Å². The molecule has 0 spiro atoms. The Kier molecular flexibility index (Phi) is 3.69. The summed E-state index contributed by atoms with van der Waals surface area (Å²) in [5, 5.41) is 6.23. The monoisotopic (exact) mass is 252 g/mol. The van der Waals surface area contributed by atoms with Crippen molar-refractivity contribution in [2.24, 2.45) is 0 Å².